The number of pyridine rings is 1. The van der Waals surface area contributed by atoms with Gasteiger partial charge in [-0.15, -0.1) is 13.2 Å². The van der Waals surface area contributed by atoms with Crippen LogP contribution in [0.3, 0.4) is 0 Å². The highest BCUT2D eigenvalue weighted by molar-refractivity contribution is 5.97. The largest absolute Gasteiger partial charge is 0.574 e. The minimum Gasteiger partial charge on any atom is -0.386 e. The maximum absolute atomic E-state index is 12.6. The third kappa shape index (κ3) is 3.41. The highest BCUT2D eigenvalue weighted by Gasteiger charge is 2.45. The third-order valence-electron chi connectivity index (χ3n) is 4.47. The second kappa shape index (κ2) is 5.67. The molecular weight excluding hydrogens is 311 g/mol. The van der Waals surface area contributed by atoms with Crippen molar-refractivity contribution in [2.45, 2.75) is 32.5 Å². The van der Waals surface area contributed by atoms with E-state index in [1.54, 1.807) is 13.0 Å². The molecule has 2 aliphatic rings. The predicted octanol–water partition coefficient (Wildman–Crippen LogP) is 2.40. The maximum Gasteiger partial charge on any atom is 0.574 e. The summed E-state index contributed by atoms with van der Waals surface area (Å²) in [4.78, 5) is 17.6. The van der Waals surface area contributed by atoms with Crippen molar-refractivity contribution in [1.29, 1.82) is 0 Å². The van der Waals surface area contributed by atoms with Crippen LogP contribution in [0, 0.1) is 12.3 Å². The molecule has 1 spiro atoms. The highest BCUT2D eigenvalue weighted by atomic mass is 19.4. The first-order chi connectivity index (χ1) is 10.8. The van der Waals surface area contributed by atoms with Crippen molar-refractivity contribution in [3.63, 3.8) is 0 Å². The number of ether oxygens (including phenoxy) is 1. The van der Waals surface area contributed by atoms with Crippen molar-refractivity contribution in [2.75, 3.05) is 24.5 Å². The van der Waals surface area contributed by atoms with E-state index in [1.807, 2.05) is 0 Å². The van der Waals surface area contributed by atoms with Crippen LogP contribution in [0.4, 0.5) is 18.9 Å². The number of hydrogen-bond acceptors (Lipinski definition) is 4. The molecule has 23 heavy (non-hydrogen) atoms. The summed E-state index contributed by atoms with van der Waals surface area (Å²) in [6, 6.07) is 3.06. The Bertz CT molecular complexity index is 612. The topological polar surface area (TPSA) is 54.5 Å². The van der Waals surface area contributed by atoms with Gasteiger partial charge in [0.15, 0.2) is 0 Å². The third-order valence-corrected chi connectivity index (χ3v) is 4.47. The first-order valence-electron chi connectivity index (χ1n) is 7.53. The van der Waals surface area contributed by atoms with Crippen LogP contribution in [0.2, 0.25) is 0 Å². The summed E-state index contributed by atoms with van der Waals surface area (Å²) >= 11 is 0. The SMILES string of the molecule is Cc1ccc(N2CC3(CCNCC3)CC2=O)c(OC(F)(F)F)n1. The molecule has 5 nitrogen and oxygen atoms in total. The van der Waals surface area contributed by atoms with Crippen LogP contribution in [0.1, 0.15) is 25.0 Å². The average molecular weight is 329 g/mol. The molecule has 0 bridgehead atoms. The second-order valence-corrected chi connectivity index (χ2v) is 6.23. The number of alkyl halides is 3. The van der Waals surface area contributed by atoms with Crippen LogP contribution in [0.25, 0.3) is 0 Å². The lowest BCUT2D eigenvalue weighted by atomic mass is 9.78. The Morgan fingerprint density at radius 2 is 2.00 bits per heavy atom. The number of aromatic nitrogens is 1. The summed E-state index contributed by atoms with van der Waals surface area (Å²) in [5.74, 6) is -0.735. The van der Waals surface area contributed by atoms with E-state index in [-0.39, 0.29) is 17.0 Å². The van der Waals surface area contributed by atoms with Crippen LogP contribution in [0.15, 0.2) is 12.1 Å². The quantitative estimate of drug-likeness (QED) is 0.905. The Hall–Kier alpha value is -1.83. The van der Waals surface area contributed by atoms with E-state index in [1.165, 1.54) is 11.0 Å². The lowest BCUT2D eigenvalue weighted by Crippen LogP contribution is -2.38. The summed E-state index contributed by atoms with van der Waals surface area (Å²) in [5, 5.41) is 3.24. The van der Waals surface area contributed by atoms with Gasteiger partial charge in [0.25, 0.3) is 0 Å². The van der Waals surface area contributed by atoms with Crippen molar-refractivity contribution >= 4 is 11.6 Å². The van der Waals surface area contributed by atoms with Gasteiger partial charge >= 0.3 is 6.36 Å². The molecule has 0 aliphatic carbocycles. The van der Waals surface area contributed by atoms with Gasteiger partial charge in [0.05, 0.1) is 0 Å². The molecule has 0 unspecified atom stereocenters. The van der Waals surface area contributed by atoms with Crippen LogP contribution >= 0.6 is 0 Å². The fraction of sp³-hybridized carbons (Fsp3) is 0.600. The molecular formula is C15H18F3N3O2. The Balaban J connectivity index is 1.90. The van der Waals surface area contributed by atoms with E-state index in [0.717, 1.165) is 25.9 Å². The molecule has 2 saturated heterocycles. The zero-order valence-electron chi connectivity index (χ0n) is 12.7. The van der Waals surface area contributed by atoms with Crippen molar-refractivity contribution < 1.29 is 22.7 Å². The van der Waals surface area contributed by atoms with Gasteiger partial charge in [0.1, 0.15) is 5.69 Å². The molecule has 3 rings (SSSR count). The number of carbonyl (C=O) groups excluding carboxylic acids is 1. The van der Waals surface area contributed by atoms with Crippen molar-refractivity contribution in [2.24, 2.45) is 5.41 Å². The first kappa shape index (κ1) is 16.0. The standard InChI is InChI=1S/C15H18F3N3O2/c1-10-2-3-11(13(20-10)23-15(16,17)18)21-9-14(8-12(21)22)4-6-19-7-5-14/h2-3,19H,4-9H2,1H3. The fourth-order valence-electron chi connectivity index (χ4n) is 3.32. The fourth-order valence-corrected chi connectivity index (χ4v) is 3.32. The van der Waals surface area contributed by atoms with E-state index in [2.05, 4.69) is 15.0 Å². The van der Waals surface area contributed by atoms with Crippen molar-refractivity contribution in [3.8, 4) is 5.88 Å². The van der Waals surface area contributed by atoms with Gasteiger partial charge in [-0.1, -0.05) is 0 Å². The number of nitrogens with one attached hydrogen (secondary N) is 1. The van der Waals surface area contributed by atoms with Gasteiger partial charge in [-0.25, -0.2) is 4.98 Å². The van der Waals surface area contributed by atoms with Crippen molar-refractivity contribution in [3.05, 3.63) is 17.8 Å². The minimum absolute atomic E-state index is 0.0910. The van der Waals surface area contributed by atoms with Crippen LogP contribution in [-0.2, 0) is 4.79 Å². The van der Waals surface area contributed by atoms with Gasteiger partial charge in [0, 0.05) is 18.7 Å². The summed E-state index contributed by atoms with van der Waals surface area (Å²) < 4.78 is 41.9. The van der Waals surface area contributed by atoms with E-state index in [4.69, 9.17) is 0 Å². The van der Waals surface area contributed by atoms with Crippen LogP contribution < -0.4 is 15.0 Å². The minimum atomic E-state index is -4.84. The number of halogens is 3. The molecule has 2 fully saturated rings. The van der Waals surface area contributed by atoms with E-state index in [9.17, 15) is 18.0 Å². The van der Waals surface area contributed by atoms with Crippen LogP contribution in [0.5, 0.6) is 5.88 Å². The van der Waals surface area contributed by atoms with Gasteiger partial charge in [-0.05, 0) is 50.4 Å². The molecule has 0 saturated carbocycles. The van der Waals surface area contributed by atoms with Gasteiger partial charge < -0.3 is 15.0 Å². The number of rotatable bonds is 2. The molecule has 1 N–H and O–H groups in total. The molecule has 0 aromatic carbocycles. The lowest BCUT2D eigenvalue weighted by molar-refractivity contribution is -0.276. The monoisotopic (exact) mass is 329 g/mol. The van der Waals surface area contributed by atoms with Gasteiger partial charge in [-0.2, -0.15) is 0 Å². The molecule has 0 atom stereocenters. The van der Waals surface area contributed by atoms with E-state index >= 15 is 0 Å². The van der Waals surface area contributed by atoms with Crippen molar-refractivity contribution in [1.82, 2.24) is 10.3 Å². The Kier molecular flexibility index (Phi) is 3.95. The molecule has 2 aliphatic heterocycles. The van der Waals surface area contributed by atoms with Gasteiger partial charge in [-0.3, -0.25) is 4.79 Å². The zero-order chi connectivity index (χ0) is 16.7. The summed E-state index contributed by atoms with van der Waals surface area (Å²) in [7, 11) is 0. The summed E-state index contributed by atoms with van der Waals surface area (Å²) in [5.41, 5.74) is 0.326. The van der Waals surface area contributed by atoms with E-state index in [0.29, 0.717) is 18.7 Å². The summed E-state index contributed by atoms with van der Waals surface area (Å²) in [6.07, 6.45) is -2.81. The number of anilines is 1. The molecule has 3 heterocycles. The molecule has 0 radical (unpaired) electrons. The number of aryl methyl sites for hydroxylation is 1. The molecule has 126 valence electrons. The Morgan fingerprint density at radius 3 is 2.65 bits per heavy atom. The normalized spacial score (nSPS) is 21.0. The average Bonchev–Trinajstić information content (AvgIpc) is 2.74. The Morgan fingerprint density at radius 1 is 1.30 bits per heavy atom. The predicted molar refractivity (Wildman–Crippen MR) is 77.2 cm³/mol. The molecule has 1 amide bonds. The smallest absolute Gasteiger partial charge is 0.386 e. The summed E-state index contributed by atoms with van der Waals surface area (Å²) in [6.45, 7) is 3.62. The Labute approximate surface area is 131 Å². The maximum atomic E-state index is 12.6. The first-order valence-corrected chi connectivity index (χ1v) is 7.53. The van der Waals surface area contributed by atoms with E-state index < -0.39 is 12.2 Å². The number of piperidine rings is 1. The number of hydrogen-bond donors (Lipinski definition) is 1. The van der Waals surface area contributed by atoms with Crippen LogP contribution in [-0.4, -0.2) is 36.9 Å². The molecule has 1 aromatic heterocycles. The number of amides is 1. The molecule has 1 aromatic rings. The zero-order valence-corrected chi connectivity index (χ0v) is 12.7. The molecule has 8 heteroatoms. The number of nitrogens with zero attached hydrogens (tertiary/aromatic N) is 2. The lowest BCUT2D eigenvalue weighted by Gasteiger charge is -2.33. The second-order valence-electron chi connectivity index (χ2n) is 6.23. The highest BCUT2D eigenvalue weighted by Crippen LogP contribution is 2.43. The number of carbonyl (C=O) groups is 1. The van der Waals surface area contributed by atoms with Gasteiger partial charge in [0.2, 0.25) is 11.8 Å².